The lowest BCUT2D eigenvalue weighted by molar-refractivity contribution is 0.376. The third-order valence-corrected chi connectivity index (χ3v) is 6.02. The van der Waals surface area contributed by atoms with E-state index in [4.69, 9.17) is 4.74 Å². The minimum Gasteiger partial charge on any atom is -0.494 e. The van der Waals surface area contributed by atoms with Gasteiger partial charge >= 0.3 is 0 Å². The summed E-state index contributed by atoms with van der Waals surface area (Å²) in [5.74, 6) is 0.496. The molecule has 144 valence electrons. The smallest absolute Gasteiger partial charge is 0.165 e. The topological polar surface area (TPSA) is 9.23 Å². The van der Waals surface area contributed by atoms with Crippen LogP contribution in [0.25, 0.3) is 21.9 Å². The molecule has 0 aliphatic heterocycles. The van der Waals surface area contributed by atoms with Crippen molar-refractivity contribution < 1.29 is 13.5 Å². The lowest BCUT2D eigenvalue weighted by Crippen LogP contribution is -2.11. The molecule has 0 bridgehead atoms. The zero-order valence-corrected chi connectivity index (χ0v) is 16.1. The molecule has 1 aliphatic carbocycles. The first kappa shape index (κ1) is 18.7. The highest BCUT2D eigenvalue weighted by molar-refractivity contribution is 5.89. The zero-order valence-electron chi connectivity index (χ0n) is 16.1. The van der Waals surface area contributed by atoms with Gasteiger partial charge in [0.2, 0.25) is 0 Å². The minimum atomic E-state index is -0.495. The van der Waals surface area contributed by atoms with Crippen molar-refractivity contribution in [2.45, 2.75) is 31.6 Å². The molecule has 0 N–H and O–H groups in total. The molecular formula is C25H24F2O. The summed E-state index contributed by atoms with van der Waals surface area (Å²) in [4.78, 5) is 0. The van der Waals surface area contributed by atoms with Crippen LogP contribution < -0.4 is 4.74 Å². The summed E-state index contributed by atoms with van der Waals surface area (Å²) in [6.45, 7) is 3.91. The zero-order chi connectivity index (χ0) is 19.7. The summed E-state index contributed by atoms with van der Waals surface area (Å²) in [6.07, 6.45) is 6.70. The first-order valence-electron chi connectivity index (χ1n) is 9.79. The SMILES string of the molecule is C=CC1CCC(c2ccc3c(F)c(-c4ccc(OC)c(F)c4)ccc3c2)CC1. The summed E-state index contributed by atoms with van der Waals surface area (Å²) in [6, 6.07) is 14.2. The highest BCUT2D eigenvalue weighted by Gasteiger charge is 2.21. The Bertz CT molecular complexity index is 1020. The number of allylic oxidation sites excluding steroid dienone is 1. The second kappa shape index (κ2) is 7.75. The van der Waals surface area contributed by atoms with E-state index in [1.807, 2.05) is 18.2 Å². The Morgan fingerprint density at radius 1 is 0.964 bits per heavy atom. The van der Waals surface area contributed by atoms with Crippen molar-refractivity contribution in [3.05, 3.63) is 78.4 Å². The standard InChI is InChI=1S/C25H24F2O/c1-3-16-4-6-17(7-5-16)18-8-11-21-19(14-18)9-12-22(25(21)27)20-10-13-24(28-2)23(26)15-20/h3,8-17H,1,4-7H2,2H3. The van der Waals surface area contributed by atoms with Gasteiger partial charge in [-0.3, -0.25) is 0 Å². The van der Waals surface area contributed by atoms with Gasteiger partial charge in [-0.05, 0) is 66.2 Å². The number of hydrogen-bond acceptors (Lipinski definition) is 1. The highest BCUT2D eigenvalue weighted by atomic mass is 19.1. The van der Waals surface area contributed by atoms with Gasteiger partial charge in [-0.1, -0.05) is 42.5 Å². The predicted octanol–water partition coefficient (Wildman–Crippen LogP) is 7.25. The van der Waals surface area contributed by atoms with Crippen LogP contribution in [-0.4, -0.2) is 7.11 Å². The van der Waals surface area contributed by atoms with Crippen molar-refractivity contribution in [1.82, 2.24) is 0 Å². The van der Waals surface area contributed by atoms with Gasteiger partial charge < -0.3 is 4.74 Å². The first-order chi connectivity index (χ1) is 13.6. The van der Waals surface area contributed by atoms with Crippen molar-refractivity contribution in [3.8, 4) is 16.9 Å². The molecule has 4 rings (SSSR count). The number of rotatable bonds is 4. The van der Waals surface area contributed by atoms with Crippen LogP contribution in [0, 0.1) is 17.6 Å². The molecule has 1 fully saturated rings. The minimum absolute atomic E-state index is 0.153. The van der Waals surface area contributed by atoms with Gasteiger partial charge in [0.05, 0.1) is 7.11 Å². The second-order valence-corrected chi connectivity index (χ2v) is 7.60. The van der Waals surface area contributed by atoms with E-state index >= 15 is 4.39 Å². The van der Waals surface area contributed by atoms with E-state index in [0.29, 0.717) is 28.3 Å². The molecule has 0 saturated heterocycles. The van der Waals surface area contributed by atoms with Gasteiger partial charge in [-0.25, -0.2) is 8.78 Å². The number of methoxy groups -OCH3 is 1. The Morgan fingerprint density at radius 3 is 2.43 bits per heavy atom. The van der Waals surface area contributed by atoms with Crippen LogP contribution in [-0.2, 0) is 0 Å². The van der Waals surface area contributed by atoms with E-state index in [9.17, 15) is 4.39 Å². The lowest BCUT2D eigenvalue weighted by atomic mass is 9.78. The van der Waals surface area contributed by atoms with E-state index in [1.165, 1.54) is 37.6 Å². The summed E-state index contributed by atoms with van der Waals surface area (Å²) >= 11 is 0. The fourth-order valence-electron chi connectivity index (χ4n) is 4.31. The van der Waals surface area contributed by atoms with Crippen molar-refractivity contribution in [2.24, 2.45) is 5.92 Å². The van der Waals surface area contributed by atoms with E-state index in [0.717, 1.165) is 18.2 Å². The largest absolute Gasteiger partial charge is 0.494 e. The average molecular weight is 378 g/mol. The van der Waals surface area contributed by atoms with Crippen LogP contribution in [0.2, 0.25) is 0 Å². The maximum absolute atomic E-state index is 15.2. The molecule has 0 amide bonds. The Morgan fingerprint density at radius 2 is 1.75 bits per heavy atom. The molecule has 0 radical (unpaired) electrons. The Kier molecular flexibility index (Phi) is 5.17. The number of halogens is 2. The molecular weight excluding hydrogens is 354 g/mol. The molecule has 0 spiro atoms. The van der Waals surface area contributed by atoms with Gasteiger partial charge in [0, 0.05) is 10.9 Å². The Labute approximate surface area is 164 Å². The molecule has 3 aromatic rings. The monoisotopic (exact) mass is 378 g/mol. The van der Waals surface area contributed by atoms with Crippen LogP contribution in [0.15, 0.2) is 61.2 Å². The van der Waals surface area contributed by atoms with E-state index in [-0.39, 0.29) is 11.6 Å². The van der Waals surface area contributed by atoms with Crippen LogP contribution in [0.1, 0.15) is 37.2 Å². The fraction of sp³-hybridized carbons (Fsp3) is 0.280. The maximum Gasteiger partial charge on any atom is 0.165 e. The second-order valence-electron chi connectivity index (χ2n) is 7.60. The summed E-state index contributed by atoms with van der Waals surface area (Å²) < 4.78 is 34.2. The molecule has 1 saturated carbocycles. The summed E-state index contributed by atoms with van der Waals surface area (Å²) in [5, 5.41) is 1.45. The molecule has 28 heavy (non-hydrogen) atoms. The molecule has 0 heterocycles. The Hall–Kier alpha value is -2.68. The van der Waals surface area contributed by atoms with Crippen molar-refractivity contribution in [3.63, 3.8) is 0 Å². The van der Waals surface area contributed by atoms with Crippen LogP contribution in [0.5, 0.6) is 5.75 Å². The summed E-state index contributed by atoms with van der Waals surface area (Å²) in [7, 11) is 1.41. The molecule has 0 unspecified atom stereocenters. The Balaban J connectivity index is 1.67. The number of benzene rings is 3. The van der Waals surface area contributed by atoms with Crippen LogP contribution >= 0.6 is 0 Å². The molecule has 3 heteroatoms. The summed E-state index contributed by atoms with van der Waals surface area (Å²) in [5.41, 5.74) is 2.18. The highest BCUT2D eigenvalue weighted by Crippen LogP contribution is 2.38. The van der Waals surface area contributed by atoms with E-state index < -0.39 is 5.82 Å². The number of hydrogen-bond donors (Lipinski definition) is 0. The van der Waals surface area contributed by atoms with Gasteiger partial charge in [-0.15, -0.1) is 6.58 Å². The van der Waals surface area contributed by atoms with Gasteiger partial charge in [-0.2, -0.15) is 0 Å². The molecule has 0 aromatic heterocycles. The molecule has 1 aliphatic rings. The quantitative estimate of drug-likeness (QED) is 0.434. The van der Waals surface area contributed by atoms with Crippen LogP contribution in [0.3, 0.4) is 0 Å². The van der Waals surface area contributed by atoms with Gasteiger partial charge in [0.25, 0.3) is 0 Å². The van der Waals surface area contributed by atoms with Crippen molar-refractivity contribution >= 4 is 10.8 Å². The van der Waals surface area contributed by atoms with Crippen molar-refractivity contribution in [1.29, 1.82) is 0 Å². The van der Waals surface area contributed by atoms with Crippen LogP contribution in [0.4, 0.5) is 8.78 Å². The maximum atomic E-state index is 15.2. The first-order valence-corrected chi connectivity index (χ1v) is 9.79. The normalized spacial score (nSPS) is 19.5. The lowest BCUT2D eigenvalue weighted by Gasteiger charge is -2.27. The molecule has 3 aromatic carbocycles. The predicted molar refractivity (Wildman–Crippen MR) is 111 cm³/mol. The number of ether oxygens (including phenoxy) is 1. The number of fused-ring (bicyclic) bond motifs is 1. The fourth-order valence-corrected chi connectivity index (χ4v) is 4.31. The van der Waals surface area contributed by atoms with Gasteiger partial charge in [0.15, 0.2) is 11.6 Å². The third kappa shape index (κ3) is 3.42. The van der Waals surface area contributed by atoms with Gasteiger partial charge in [0.1, 0.15) is 5.82 Å². The average Bonchev–Trinajstić information content (AvgIpc) is 2.74. The van der Waals surface area contributed by atoms with E-state index in [2.05, 4.69) is 18.7 Å². The van der Waals surface area contributed by atoms with Crippen molar-refractivity contribution in [2.75, 3.05) is 7.11 Å². The van der Waals surface area contributed by atoms with E-state index in [1.54, 1.807) is 12.1 Å². The third-order valence-electron chi connectivity index (χ3n) is 6.02. The molecule has 0 atom stereocenters. The molecule has 1 nitrogen and oxygen atoms in total.